The van der Waals surface area contributed by atoms with Gasteiger partial charge in [0.1, 0.15) is 0 Å². The molecule has 0 aromatic heterocycles. The summed E-state index contributed by atoms with van der Waals surface area (Å²) >= 11 is 0. The molecule has 14 heavy (non-hydrogen) atoms. The van der Waals surface area contributed by atoms with Gasteiger partial charge in [0.2, 0.25) is 0 Å². The van der Waals surface area contributed by atoms with Crippen LogP contribution >= 0.6 is 0 Å². The molecule has 3 atom stereocenters. The highest BCUT2D eigenvalue weighted by Gasteiger charge is 2.51. The Morgan fingerprint density at radius 3 is 2.36 bits per heavy atom. The van der Waals surface area contributed by atoms with Crippen LogP contribution in [0, 0.1) is 29.1 Å². The molecule has 0 bridgehead atoms. The van der Waals surface area contributed by atoms with Crippen LogP contribution in [0.4, 0.5) is 0 Å². The van der Waals surface area contributed by atoms with Gasteiger partial charge in [-0.3, -0.25) is 0 Å². The summed E-state index contributed by atoms with van der Waals surface area (Å²) < 4.78 is 0. The number of hydrogen-bond donors (Lipinski definition) is 0. The van der Waals surface area contributed by atoms with Crippen molar-refractivity contribution in [3.63, 3.8) is 0 Å². The third-order valence-electron chi connectivity index (χ3n) is 5.33. The molecule has 0 radical (unpaired) electrons. The van der Waals surface area contributed by atoms with E-state index in [1.165, 1.54) is 32.1 Å². The molecule has 0 amide bonds. The van der Waals surface area contributed by atoms with Crippen molar-refractivity contribution in [2.24, 2.45) is 29.1 Å². The molecule has 2 rings (SSSR count). The SMILES string of the molecule is CC(C)C1CC2CCCC2(C(C)C)C1. The first-order chi connectivity index (χ1) is 6.56. The summed E-state index contributed by atoms with van der Waals surface area (Å²) in [5, 5.41) is 0. The molecule has 2 aliphatic carbocycles. The molecule has 0 spiro atoms. The lowest BCUT2D eigenvalue weighted by molar-refractivity contribution is 0.149. The maximum absolute atomic E-state index is 2.46. The minimum Gasteiger partial charge on any atom is -0.0625 e. The van der Waals surface area contributed by atoms with Gasteiger partial charge in [-0.1, -0.05) is 34.1 Å². The zero-order chi connectivity index (χ0) is 10.3. The van der Waals surface area contributed by atoms with Crippen molar-refractivity contribution in [2.45, 2.75) is 59.8 Å². The van der Waals surface area contributed by atoms with Crippen molar-refractivity contribution in [1.29, 1.82) is 0 Å². The summed E-state index contributed by atoms with van der Waals surface area (Å²) in [4.78, 5) is 0. The van der Waals surface area contributed by atoms with Crippen LogP contribution in [0.25, 0.3) is 0 Å². The van der Waals surface area contributed by atoms with E-state index in [0.29, 0.717) is 0 Å². The quantitative estimate of drug-likeness (QED) is 0.607. The molecule has 0 nitrogen and oxygen atoms in total. The van der Waals surface area contributed by atoms with E-state index < -0.39 is 0 Å². The predicted octanol–water partition coefficient (Wildman–Crippen LogP) is 4.49. The van der Waals surface area contributed by atoms with Gasteiger partial charge in [-0.05, 0) is 54.8 Å². The Bertz CT molecular complexity index is 204. The van der Waals surface area contributed by atoms with Crippen molar-refractivity contribution in [3.05, 3.63) is 0 Å². The van der Waals surface area contributed by atoms with Crippen LogP contribution in [0.1, 0.15) is 59.8 Å². The van der Waals surface area contributed by atoms with Crippen molar-refractivity contribution < 1.29 is 0 Å². The van der Waals surface area contributed by atoms with E-state index in [-0.39, 0.29) is 0 Å². The molecule has 0 saturated heterocycles. The summed E-state index contributed by atoms with van der Waals surface area (Å²) in [5.74, 6) is 3.94. The van der Waals surface area contributed by atoms with E-state index in [1.807, 2.05) is 0 Å². The Labute approximate surface area is 89.5 Å². The van der Waals surface area contributed by atoms with Gasteiger partial charge in [-0.25, -0.2) is 0 Å². The third kappa shape index (κ3) is 1.42. The predicted molar refractivity (Wildman–Crippen MR) is 62.2 cm³/mol. The first-order valence-electron chi connectivity index (χ1n) is 6.56. The Balaban J connectivity index is 2.15. The van der Waals surface area contributed by atoms with Crippen molar-refractivity contribution in [1.82, 2.24) is 0 Å². The van der Waals surface area contributed by atoms with E-state index in [0.717, 1.165) is 29.1 Å². The van der Waals surface area contributed by atoms with Crippen LogP contribution in [-0.4, -0.2) is 0 Å². The maximum atomic E-state index is 2.46. The van der Waals surface area contributed by atoms with E-state index in [9.17, 15) is 0 Å². The second-order valence-corrected chi connectivity index (χ2v) is 6.42. The molecular weight excluding hydrogens is 168 g/mol. The number of fused-ring (bicyclic) bond motifs is 1. The van der Waals surface area contributed by atoms with Gasteiger partial charge >= 0.3 is 0 Å². The third-order valence-corrected chi connectivity index (χ3v) is 5.33. The van der Waals surface area contributed by atoms with Gasteiger partial charge in [0.25, 0.3) is 0 Å². The highest BCUT2D eigenvalue weighted by atomic mass is 14.6. The van der Waals surface area contributed by atoms with Crippen LogP contribution in [0.3, 0.4) is 0 Å². The average molecular weight is 194 g/mol. The fourth-order valence-corrected chi connectivity index (χ4v) is 4.23. The average Bonchev–Trinajstić information content (AvgIpc) is 2.57. The summed E-state index contributed by atoms with van der Waals surface area (Å²) in [6.45, 7) is 9.75. The van der Waals surface area contributed by atoms with Gasteiger partial charge in [0, 0.05) is 0 Å². The van der Waals surface area contributed by atoms with Gasteiger partial charge in [0.05, 0.1) is 0 Å². The molecule has 2 saturated carbocycles. The van der Waals surface area contributed by atoms with Gasteiger partial charge in [-0.2, -0.15) is 0 Å². The van der Waals surface area contributed by atoms with Crippen molar-refractivity contribution >= 4 is 0 Å². The van der Waals surface area contributed by atoms with Gasteiger partial charge in [0.15, 0.2) is 0 Å². The van der Waals surface area contributed by atoms with E-state index in [2.05, 4.69) is 27.7 Å². The first-order valence-corrected chi connectivity index (χ1v) is 6.56. The minimum absolute atomic E-state index is 0.759. The van der Waals surface area contributed by atoms with Crippen molar-refractivity contribution in [3.8, 4) is 0 Å². The summed E-state index contributed by atoms with van der Waals surface area (Å²) in [6, 6.07) is 0. The maximum Gasteiger partial charge on any atom is -0.0243 e. The second kappa shape index (κ2) is 3.54. The Hall–Kier alpha value is 0. The van der Waals surface area contributed by atoms with E-state index >= 15 is 0 Å². The Morgan fingerprint density at radius 1 is 1.14 bits per heavy atom. The van der Waals surface area contributed by atoms with E-state index in [4.69, 9.17) is 0 Å². The molecule has 0 heteroatoms. The van der Waals surface area contributed by atoms with Crippen LogP contribution < -0.4 is 0 Å². The number of hydrogen-bond acceptors (Lipinski definition) is 0. The molecule has 2 fully saturated rings. The molecule has 2 aliphatic rings. The van der Waals surface area contributed by atoms with E-state index in [1.54, 1.807) is 0 Å². The van der Waals surface area contributed by atoms with Crippen LogP contribution in [0.15, 0.2) is 0 Å². The van der Waals surface area contributed by atoms with Gasteiger partial charge in [-0.15, -0.1) is 0 Å². The lowest BCUT2D eigenvalue weighted by Crippen LogP contribution is -2.26. The molecule has 0 aliphatic heterocycles. The molecule has 0 heterocycles. The number of rotatable bonds is 2. The Kier molecular flexibility index (Phi) is 2.66. The molecule has 0 aromatic carbocycles. The summed E-state index contributed by atoms with van der Waals surface area (Å²) in [6.07, 6.45) is 7.64. The molecule has 0 N–H and O–H groups in total. The molecule has 3 unspecified atom stereocenters. The van der Waals surface area contributed by atoms with Crippen molar-refractivity contribution in [2.75, 3.05) is 0 Å². The second-order valence-electron chi connectivity index (χ2n) is 6.42. The lowest BCUT2D eigenvalue weighted by atomic mass is 9.71. The largest absolute Gasteiger partial charge is 0.0625 e. The molecular formula is C14H26. The Morgan fingerprint density at radius 2 is 1.86 bits per heavy atom. The summed E-state index contributed by atoms with van der Waals surface area (Å²) in [5.41, 5.74) is 0.759. The first kappa shape index (κ1) is 10.5. The van der Waals surface area contributed by atoms with Crippen LogP contribution in [-0.2, 0) is 0 Å². The summed E-state index contributed by atoms with van der Waals surface area (Å²) in [7, 11) is 0. The fraction of sp³-hybridized carbons (Fsp3) is 1.00. The highest BCUT2D eigenvalue weighted by molar-refractivity contribution is 5.01. The van der Waals surface area contributed by atoms with Crippen LogP contribution in [0.5, 0.6) is 0 Å². The van der Waals surface area contributed by atoms with Gasteiger partial charge < -0.3 is 0 Å². The zero-order valence-corrected chi connectivity index (χ0v) is 10.3. The fourth-order valence-electron chi connectivity index (χ4n) is 4.23. The zero-order valence-electron chi connectivity index (χ0n) is 10.3. The molecule has 0 aromatic rings. The topological polar surface area (TPSA) is 0 Å². The smallest absolute Gasteiger partial charge is 0.0243 e. The monoisotopic (exact) mass is 194 g/mol. The minimum atomic E-state index is 0.759. The molecule has 82 valence electrons. The normalized spacial score (nSPS) is 42.4. The standard InChI is InChI=1S/C14H26/c1-10(2)12-8-13-6-5-7-14(13,9-12)11(3)4/h10-13H,5-9H2,1-4H3. The highest BCUT2D eigenvalue weighted by Crippen LogP contribution is 2.61. The van der Waals surface area contributed by atoms with Crippen LogP contribution in [0.2, 0.25) is 0 Å². The lowest BCUT2D eigenvalue weighted by Gasteiger charge is -2.34.